The summed E-state index contributed by atoms with van der Waals surface area (Å²) in [6, 6.07) is 0.466. The minimum Gasteiger partial charge on any atom is -0.328 e. The molecule has 0 aliphatic heterocycles. The molecule has 1 fully saturated rings. The van der Waals surface area contributed by atoms with E-state index in [1.54, 1.807) is 0 Å². The lowest BCUT2D eigenvalue weighted by Crippen LogP contribution is -2.38. The van der Waals surface area contributed by atoms with E-state index < -0.39 is 0 Å². The molecule has 0 amide bonds. The molecule has 0 radical (unpaired) electrons. The van der Waals surface area contributed by atoms with E-state index in [0.29, 0.717) is 10.5 Å². The van der Waals surface area contributed by atoms with Crippen molar-refractivity contribution in [3.05, 3.63) is 0 Å². The van der Waals surface area contributed by atoms with Gasteiger partial charge in [0.2, 0.25) is 0 Å². The summed E-state index contributed by atoms with van der Waals surface area (Å²) in [6.07, 6.45) is 3.95. The number of thiol groups is 2. The van der Waals surface area contributed by atoms with E-state index in [4.69, 9.17) is 11.5 Å². The van der Waals surface area contributed by atoms with Crippen molar-refractivity contribution in [1.82, 2.24) is 0 Å². The van der Waals surface area contributed by atoms with Crippen molar-refractivity contribution in [3.63, 3.8) is 0 Å². The fourth-order valence-corrected chi connectivity index (χ4v) is 2.34. The van der Waals surface area contributed by atoms with Gasteiger partial charge in [-0.05, 0) is 25.7 Å². The van der Waals surface area contributed by atoms with E-state index in [0.717, 1.165) is 25.7 Å². The van der Waals surface area contributed by atoms with Crippen LogP contribution in [0.4, 0.5) is 0 Å². The number of nitrogens with two attached hydrogens (primary N) is 2. The normalized spacial score (nSPS) is 45.0. The molecular weight excluding hydrogens is 188 g/mol. The van der Waals surface area contributed by atoms with Crippen LogP contribution in [0.25, 0.3) is 0 Å². The summed E-state index contributed by atoms with van der Waals surface area (Å²) in [5, 5.41) is 0.682. The Balaban J connectivity index is 2.46. The molecule has 0 aromatic heterocycles. The highest BCUT2D eigenvalue weighted by Gasteiger charge is 2.22. The lowest BCUT2D eigenvalue weighted by atomic mass is 9.93. The first-order valence-electron chi connectivity index (χ1n) is 4.47. The van der Waals surface area contributed by atoms with Crippen molar-refractivity contribution >= 4 is 25.3 Å². The fourth-order valence-electron chi connectivity index (χ4n) is 1.65. The van der Waals surface area contributed by atoms with E-state index in [2.05, 4.69) is 25.3 Å². The number of hydrogen-bond donors (Lipinski definition) is 4. The maximum Gasteiger partial charge on any atom is 0.0148 e. The lowest BCUT2D eigenvalue weighted by Gasteiger charge is -2.28. The predicted molar refractivity (Wildman–Crippen MR) is 60.0 cm³/mol. The second-order valence-corrected chi connectivity index (χ2v) is 5.03. The molecule has 2 nitrogen and oxygen atoms in total. The van der Waals surface area contributed by atoms with Gasteiger partial charge >= 0.3 is 0 Å². The van der Waals surface area contributed by atoms with Crippen molar-refractivity contribution in [2.75, 3.05) is 0 Å². The van der Waals surface area contributed by atoms with Crippen LogP contribution in [0.1, 0.15) is 25.7 Å². The van der Waals surface area contributed by atoms with Crippen LogP contribution in [0, 0.1) is 0 Å². The van der Waals surface area contributed by atoms with E-state index in [9.17, 15) is 0 Å². The summed E-state index contributed by atoms with van der Waals surface area (Å²) in [7, 11) is 0. The van der Waals surface area contributed by atoms with Gasteiger partial charge in [-0.3, -0.25) is 0 Å². The quantitative estimate of drug-likeness (QED) is 0.443. The number of hydrogen-bond acceptors (Lipinski definition) is 4. The zero-order valence-corrected chi connectivity index (χ0v) is 8.98. The fraction of sp³-hybridized carbons (Fsp3) is 1.00. The maximum atomic E-state index is 5.88. The summed E-state index contributed by atoms with van der Waals surface area (Å²) >= 11 is 8.93. The van der Waals surface area contributed by atoms with Crippen LogP contribution in [-0.4, -0.2) is 22.6 Å². The molecule has 4 heteroatoms. The Labute approximate surface area is 85.3 Å². The third kappa shape index (κ3) is 3.17. The summed E-state index contributed by atoms with van der Waals surface area (Å²) in [6.45, 7) is 0. The van der Waals surface area contributed by atoms with E-state index in [1.807, 2.05) is 0 Å². The summed E-state index contributed by atoms with van der Waals surface area (Å²) < 4.78 is 0. The van der Waals surface area contributed by atoms with Gasteiger partial charge in [0.15, 0.2) is 0 Å². The van der Waals surface area contributed by atoms with Gasteiger partial charge in [-0.15, -0.1) is 0 Å². The van der Waals surface area contributed by atoms with Crippen molar-refractivity contribution in [1.29, 1.82) is 0 Å². The summed E-state index contributed by atoms with van der Waals surface area (Å²) in [5.41, 5.74) is 11.7. The first kappa shape index (κ1) is 10.7. The average molecular weight is 206 g/mol. The molecule has 0 aromatic rings. The zero-order chi connectivity index (χ0) is 9.14. The van der Waals surface area contributed by atoms with Crippen LogP contribution < -0.4 is 11.5 Å². The maximum absolute atomic E-state index is 5.88. The largest absolute Gasteiger partial charge is 0.328 e. The lowest BCUT2D eigenvalue weighted by molar-refractivity contribution is 0.425. The van der Waals surface area contributed by atoms with E-state index in [1.165, 1.54) is 0 Å². The Morgan fingerprint density at radius 1 is 0.833 bits per heavy atom. The Kier molecular flexibility index (Phi) is 4.23. The van der Waals surface area contributed by atoms with Gasteiger partial charge in [-0.1, -0.05) is 0 Å². The van der Waals surface area contributed by atoms with Crippen molar-refractivity contribution < 1.29 is 0 Å². The topological polar surface area (TPSA) is 52.0 Å². The summed E-state index contributed by atoms with van der Waals surface area (Å²) in [4.78, 5) is 0. The Bertz CT molecular complexity index is 143. The molecule has 0 heterocycles. The van der Waals surface area contributed by atoms with Crippen molar-refractivity contribution in [3.8, 4) is 0 Å². The molecule has 1 aliphatic rings. The molecule has 12 heavy (non-hydrogen) atoms. The van der Waals surface area contributed by atoms with E-state index in [-0.39, 0.29) is 12.1 Å². The van der Waals surface area contributed by atoms with Crippen LogP contribution in [0.15, 0.2) is 0 Å². The van der Waals surface area contributed by atoms with Crippen LogP contribution in [0.2, 0.25) is 0 Å². The molecule has 1 rings (SSSR count). The summed E-state index contributed by atoms with van der Waals surface area (Å²) in [5.74, 6) is 0. The zero-order valence-electron chi connectivity index (χ0n) is 7.19. The van der Waals surface area contributed by atoms with Gasteiger partial charge in [0.25, 0.3) is 0 Å². The molecule has 4 N–H and O–H groups in total. The standard InChI is InChI=1S/C8H18N2S2/c9-5-1-2-7(11)8(12)4-6(10)3-5/h5-8,11-12H,1-4,9-10H2. The second-order valence-electron chi connectivity index (χ2n) is 3.70. The molecular formula is C8H18N2S2. The molecule has 0 aromatic carbocycles. The first-order chi connectivity index (χ1) is 5.59. The molecule has 0 saturated heterocycles. The van der Waals surface area contributed by atoms with Gasteiger partial charge in [0, 0.05) is 22.6 Å². The Morgan fingerprint density at radius 2 is 1.50 bits per heavy atom. The smallest absolute Gasteiger partial charge is 0.0148 e. The van der Waals surface area contributed by atoms with Gasteiger partial charge in [-0.2, -0.15) is 25.3 Å². The first-order valence-corrected chi connectivity index (χ1v) is 5.50. The van der Waals surface area contributed by atoms with Crippen LogP contribution in [0.3, 0.4) is 0 Å². The predicted octanol–water partition coefficient (Wildman–Crippen LogP) is 0.812. The number of rotatable bonds is 0. The molecule has 0 spiro atoms. The molecule has 0 bridgehead atoms. The molecule has 1 saturated carbocycles. The second kappa shape index (κ2) is 4.74. The minimum absolute atomic E-state index is 0.206. The van der Waals surface area contributed by atoms with Crippen LogP contribution in [0.5, 0.6) is 0 Å². The van der Waals surface area contributed by atoms with Gasteiger partial charge < -0.3 is 11.5 Å². The third-order valence-electron chi connectivity index (χ3n) is 2.43. The molecule has 72 valence electrons. The van der Waals surface area contributed by atoms with Gasteiger partial charge in [0.05, 0.1) is 0 Å². The Hall–Kier alpha value is 0.620. The molecule has 4 unspecified atom stereocenters. The Morgan fingerprint density at radius 3 is 2.17 bits per heavy atom. The van der Waals surface area contributed by atoms with Crippen molar-refractivity contribution in [2.45, 2.75) is 48.3 Å². The SMILES string of the molecule is NC1CCC(S)C(S)CC(N)C1. The van der Waals surface area contributed by atoms with Gasteiger partial charge in [0.1, 0.15) is 0 Å². The molecule has 4 atom stereocenters. The highest BCUT2D eigenvalue weighted by molar-refractivity contribution is 7.85. The molecule has 1 aliphatic carbocycles. The van der Waals surface area contributed by atoms with E-state index >= 15 is 0 Å². The monoisotopic (exact) mass is 206 g/mol. The van der Waals surface area contributed by atoms with Gasteiger partial charge in [-0.25, -0.2) is 0 Å². The van der Waals surface area contributed by atoms with Crippen LogP contribution >= 0.6 is 25.3 Å². The highest BCUT2D eigenvalue weighted by atomic mass is 32.1. The third-order valence-corrected chi connectivity index (χ3v) is 3.85. The van der Waals surface area contributed by atoms with Crippen molar-refractivity contribution in [2.24, 2.45) is 11.5 Å². The average Bonchev–Trinajstić information content (AvgIpc) is 1.98. The van der Waals surface area contributed by atoms with Crippen LogP contribution in [-0.2, 0) is 0 Å². The minimum atomic E-state index is 0.206. The highest BCUT2D eigenvalue weighted by Crippen LogP contribution is 2.24.